The van der Waals surface area contributed by atoms with Crippen LogP contribution < -0.4 is 21.1 Å². The summed E-state index contributed by atoms with van der Waals surface area (Å²) in [4.78, 5) is 15.5. The Kier molecular flexibility index (Phi) is 9.90. The summed E-state index contributed by atoms with van der Waals surface area (Å²) in [6.45, 7) is 8.01. The topological polar surface area (TPSA) is 88.7 Å². The van der Waals surface area contributed by atoms with E-state index >= 15 is 0 Å². The number of halogens is 1. The van der Waals surface area contributed by atoms with Gasteiger partial charge in [-0.2, -0.15) is 0 Å². The monoisotopic (exact) mass is 488 g/mol. The molecule has 1 aliphatic rings. The van der Waals surface area contributed by atoms with Crippen molar-refractivity contribution in [2.24, 2.45) is 16.1 Å². The number of benzene rings is 1. The number of nitrogens with two attached hydrogens (primary N) is 1. The number of primary amides is 1. The first-order valence-electron chi connectivity index (χ1n) is 9.43. The van der Waals surface area contributed by atoms with E-state index in [1.54, 1.807) is 0 Å². The van der Waals surface area contributed by atoms with Gasteiger partial charge >= 0.3 is 0 Å². The van der Waals surface area contributed by atoms with Crippen molar-refractivity contribution in [1.29, 1.82) is 0 Å². The average Bonchev–Trinajstić information content (AvgIpc) is 2.60. The number of amides is 1. The maximum atomic E-state index is 10.8. The van der Waals surface area contributed by atoms with Crippen molar-refractivity contribution in [3.8, 4) is 5.75 Å². The van der Waals surface area contributed by atoms with Gasteiger partial charge in [0.2, 0.25) is 0 Å². The van der Waals surface area contributed by atoms with Crippen LogP contribution in [0, 0.1) is 5.41 Å². The Labute approximate surface area is 179 Å². The summed E-state index contributed by atoms with van der Waals surface area (Å²) in [7, 11) is 0. The Morgan fingerprint density at radius 3 is 2.67 bits per heavy atom. The van der Waals surface area contributed by atoms with Crippen molar-refractivity contribution in [3.63, 3.8) is 0 Å². The molecule has 0 bridgehead atoms. The van der Waals surface area contributed by atoms with E-state index in [2.05, 4.69) is 31.4 Å². The van der Waals surface area contributed by atoms with Gasteiger partial charge < -0.3 is 21.1 Å². The quantitative estimate of drug-likeness (QED) is 0.313. The van der Waals surface area contributed by atoms with E-state index in [1.165, 1.54) is 25.7 Å². The molecule has 0 aliphatic heterocycles. The molecule has 2 rings (SSSR count). The van der Waals surface area contributed by atoms with Crippen molar-refractivity contribution in [1.82, 2.24) is 10.6 Å². The van der Waals surface area contributed by atoms with Gasteiger partial charge in [0, 0.05) is 12.6 Å². The van der Waals surface area contributed by atoms with Gasteiger partial charge in [-0.05, 0) is 55.7 Å². The molecule has 1 aromatic rings. The molecule has 27 heavy (non-hydrogen) atoms. The van der Waals surface area contributed by atoms with Crippen LogP contribution in [0.4, 0.5) is 0 Å². The molecular weight excluding hydrogens is 455 g/mol. The Hall–Kier alpha value is -1.51. The largest absolute Gasteiger partial charge is 0.484 e. The van der Waals surface area contributed by atoms with Crippen molar-refractivity contribution >= 4 is 35.8 Å². The van der Waals surface area contributed by atoms with Crippen molar-refractivity contribution in [3.05, 3.63) is 29.8 Å². The van der Waals surface area contributed by atoms with Crippen LogP contribution in [0.25, 0.3) is 0 Å². The highest BCUT2D eigenvalue weighted by molar-refractivity contribution is 14.0. The Balaban J connectivity index is 0.00000364. The summed E-state index contributed by atoms with van der Waals surface area (Å²) in [5.41, 5.74) is 6.59. The standard InChI is InChI=1S/C20H32N4O2.HI/c1-4-22-19(24-16-8-10-20(2,3)11-9-16)23-13-15-6-5-7-17(12-15)26-14-18(21)25;/h5-7,12,16H,4,8-11,13-14H2,1-3H3,(H2,21,25)(H2,22,23,24);1H. The zero-order chi connectivity index (χ0) is 19.0. The first kappa shape index (κ1) is 23.5. The molecule has 4 N–H and O–H groups in total. The SMILES string of the molecule is CCNC(=NCc1cccc(OCC(N)=O)c1)NC1CCC(C)(C)CC1.I. The second kappa shape index (κ2) is 11.4. The summed E-state index contributed by atoms with van der Waals surface area (Å²) >= 11 is 0. The molecule has 0 saturated heterocycles. The third-order valence-electron chi connectivity index (χ3n) is 4.72. The third kappa shape index (κ3) is 8.81. The van der Waals surface area contributed by atoms with E-state index in [-0.39, 0.29) is 30.6 Å². The van der Waals surface area contributed by atoms with E-state index in [0.717, 1.165) is 18.1 Å². The predicted molar refractivity (Wildman–Crippen MR) is 121 cm³/mol. The maximum absolute atomic E-state index is 10.8. The minimum atomic E-state index is -0.484. The molecule has 0 unspecified atom stereocenters. The first-order valence-corrected chi connectivity index (χ1v) is 9.43. The number of carbonyl (C=O) groups is 1. The molecule has 7 heteroatoms. The third-order valence-corrected chi connectivity index (χ3v) is 4.72. The molecular formula is C20H33IN4O2. The number of carbonyl (C=O) groups excluding carboxylic acids is 1. The van der Waals surface area contributed by atoms with Crippen LogP contribution in [0.1, 0.15) is 52.0 Å². The highest BCUT2D eigenvalue weighted by Gasteiger charge is 2.27. The number of rotatable bonds is 7. The van der Waals surface area contributed by atoms with Gasteiger partial charge in [0.05, 0.1) is 6.54 Å². The minimum absolute atomic E-state index is 0. The Morgan fingerprint density at radius 2 is 2.04 bits per heavy atom. The van der Waals surface area contributed by atoms with Gasteiger partial charge in [0.15, 0.2) is 12.6 Å². The summed E-state index contributed by atoms with van der Waals surface area (Å²) in [6, 6.07) is 8.06. The van der Waals surface area contributed by atoms with Crippen molar-refractivity contribution in [2.45, 2.75) is 59.0 Å². The number of guanidine groups is 1. The normalized spacial score (nSPS) is 16.9. The Morgan fingerprint density at radius 1 is 1.33 bits per heavy atom. The van der Waals surface area contributed by atoms with Gasteiger partial charge in [-0.3, -0.25) is 4.79 Å². The lowest BCUT2D eigenvalue weighted by molar-refractivity contribution is -0.119. The lowest BCUT2D eigenvalue weighted by Gasteiger charge is -2.35. The molecule has 1 saturated carbocycles. The van der Waals surface area contributed by atoms with Gasteiger partial charge in [-0.25, -0.2) is 4.99 Å². The molecule has 0 heterocycles. The molecule has 0 radical (unpaired) electrons. The van der Waals surface area contributed by atoms with Crippen molar-refractivity contribution < 1.29 is 9.53 Å². The van der Waals surface area contributed by atoms with Crippen LogP contribution >= 0.6 is 24.0 Å². The fourth-order valence-corrected chi connectivity index (χ4v) is 3.12. The summed E-state index contributed by atoms with van der Waals surface area (Å²) in [5, 5.41) is 6.89. The first-order chi connectivity index (χ1) is 12.4. The van der Waals surface area contributed by atoms with E-state index in [1.807, 2.05) is 24.3 Å². The van der Waals surface area contributed by atoms with E-state index in [9.17, 15) is 4.79 Å². The summed E-state index contributed by atoms with van der Waals surface area (Å²) < 4.78 is 5.35. The molecule has 0 aromatic heterocycles. The highest BCUT2D eigenvalue weighted by atomic mass is 127. The van der Waals surface area contributed by atoms with E-state index in [0.29, 0.717) is 23.8 Å². The molecule has 1 fully saturated rings. The highest BCUT2D eigenvalue weighted by Crippen LogP contribution is 2.34. The van der Waals surface area contributed by atoms with Crippen LogP contribution in [0.3, 0.4) is 0 Å². The number of hydrogen-bond acceptors (Lipinski definition) is 3. The smallest absolute Gasteiger partial charge is 0.255 e. The van der Waals surface area contributed by atoms with Crippen LogP contribution in [-0.2, 0) is 11.3 Å². The molecule has 0 spiro atoms. The molecule has 1 aliphatic carbocycles. The van der Waals surface area contributed by atoms with Gasteiger partial charge in [-0.15, -0.1) is 24.0 Å². The molecule has 1 aromatic carbocycles. The number of ether oxygens (including phenoxy) is 1. The minimum Gasteiger partial charge on any atom is -0.484 e. The summed E-state index contributed by atoms with van der Waals surface area (Å²) in [5.74, 6) is 0.993. The molecule has 0 atom stereocenters. The zero-order valence-electron chi connectivity index (χ0n) is 16.6. The van der Waals surface area contributed by atoms with Crippen LogP contribution in [0.5, 0.6) is 5.75 Å². The van der Waals surface area contributed by atoms with Gasteiger partial charge in [0.1, 0.15) is 5.75 Å². The maximum Gasteiger partial charge on any atom is 0.255 e. The second-order valence-electron chi connectivity index (χ2n) is 7.68. The fraction of sp³-hybridized carbons (Fsp3) is 0.600. The van der Waals surface area contributed by atoms with Crippen molar-refractivity contribution in [2.75, 3.05) is 13.2 Å². The predicted octanol–water partition coefficient (Wildman–Crippen LogP) is 3.19. The average molecular weight is 488 g/mol. The van der Waals surface area contributed by atoms with Gasteiger partial charge in [-0.1, -0.05) is 26.0 Å². The molecule has 6 nitrogen and oxygen atoms in total. The van der Waals surface area contributed by atoms with Crippen LogP contribution in [0.2, 0.25) is 0 Å². The van der Waals surface area contributed by atoms with Crippen LogP contribution in [0.15, 0.2) is 29.3 Å². The number of nitrogens with zero attached hydrogens (tertiary/aromatic N) is 1. The Bertz CT molecular complexity index is 624. The number of aliphatic imine (C=N–C) groups is 1. The molecule has 1 amide bonds. The van der Waals surface area contributed by atoms with Gasteiger partial charge in [0.25, 0.3) is 5.91 Å². The van der Waals surface area contributed by atoms with Crippen LogP contribution in [-0.4, -0.2) is 31.1 Å². The summed E-state index contributed by atoms with van der Waals surface area (Å²) in [6.07, 6.45) is 4.83. The lowest BCUT2D eigenvalue weighted by atomic mass is 9.75. The molecule has 152 valence electrons. The lowest BCUT2D eigenvalue weighted by Crippen LogP contribution is -2.45. The van der Waals surface area contributed by atoms with E-state index in [4.69, 9.17) is 15.5 Å². The number of nitrogens with one attached hydrogen (secondary N) is 2. The fourth-order valence-electron chi connectivity index (χ4n) is 3.12. The van der Waals surface area contributed by atoms with E-state index < -0.39 is 5.91 Å². The zero-order valence-corrected chi connectivity index (χ0v) is 18.9. The number of hydrogen-bond donors (Lipinski definition) is 3. The second-order valence-corrected chi connectivity index (χ2v) is 7.68.